The van der Waals surface area contributed by atoms with Crippen molar-refractivity contribution in [1.82, 2.24) is 5.32 Å². The zero-order valence-corrected chi connectivity index (χ0v) is 34.4. The van der Waals surface area contributed by atoms with Crippen molar-refractivity contribution in [3.63, 3.8) is 0 Å². The van der Waals surface area contributed by atoms with Crippen LogP contribution in [-0.2, 0) is 18.4 Å². The van der Waals surface area contributed by atoms with Crippen LogP contribution >= 0.6 is 7.82 Å². The van der Waals surface area contributed by atoms with Crippen LogP contribution in [0.15, 0.2) is 0 Å². The van der Waals surface area contributed by atoms with E-state index in [0.717, 1.165) is 38.5 Å². The monoisotopic (exact) mass is 749 g/mol. The van der Waals surface area contributed by atoms with Gasteiger partial charge in [0.15, 0.2) is 0 Å². The van der Waals surface area contributed by atoms with Gasteiger partial charge in [-0.2, -0.15) is 0 Å². The summed E-state index contributed by atoms with van der Waals surface area (Å²) < 4.78 is 22.1. The molecule has 9 nitrogen and oxygen atoms in total. The van der Waals surface area contributed by atoms with Gasteiger partial charge in [-0.05, 0) is 12.8 Å². The first-order valence-electron chi connectivity index (χ1n) is 21.7. The molecule has 0 aliphatic carbocycles. The molecule has 0 aromatic rings. The van der Waals surface area contributed by atoms with Crippen molar-refractivity contribution in [3.05, 3.63) is 0 Å². The average Bonchev–Trinajstić information content (AvgIpc) is 3.10. The van der Waals surface area contributed by atoms with E-state index >= 15 is 0 Å². The summed E-state index contributed by atoms with van der Waals surface area (Å²) in [7, 11) is -4.37. The van der Waals surface area contributed by atoms with E-state index < -0.39 is 32.0 Å². The normalized spacial score (nSPS) is 14.7. The second-order valence-corrected chi connectivity index (χ2v) is 16.6. The molecule has 1 amide bonds. The number of phosphoric ester groups is 1. The van der Waals surface area contributed by atoms with E-state index in [0.29, 0.717) is 12.8 Å². The lowest BCUT2D eigenvalue weighted by Gasteiger charge is -2.25. The van der Waals surface area contributed by atoms with Crippen LogP contribution in [-0.4, -0.2) is 59.0 Å². The predicted octanol–water partition coefficient (Wildman–Crippen LogP) is 10.8. The van der Waals surface area contributed by atoms with Crippen molar-refractivity contribution >= 4 is 13.7 Å². The van der Waals surface area contributed by atoms with Gasteiger partial charge in [-0.3, -0.25) is 13.8 Å². The number of nitrogens with one attached hydrogen (secondary N) is 1. The molecule has 0 saturated heterocycles. The van der Waals surface area contributed by atoms with Crippen LogP contribution in [0.3, 0.4) is 0 Å². The fourth-order valence-electron chi connectivity index (χ4n) is 6.71. The Morgan fingerprint density at radius 3 is 1.31 bits per heavy atom. The van der Waals surface area contributed by atoms with Crippen LogP contribution in [0.4, 0.5) is 0 Å². The summed E-state index contributed by atoms with van der Waals surface area (Å²) >= 11 is 0. The van der Waals surface area contributed by atoms with E-state index in [4.69, 9.17) is 14.8 Å². The molecule has 306 valence electrons. The third-order valence-corrected chi connectivity index (χ3v) is 11.0. The van der Waals surface area contributed by atoms with Gasteiger partial charge in [-0.25, -0.2) is 4.57 Å². The molecule has 51 heavy (non-hydrogen) atoms. The highest BCUT2D eigenvalue weighted by molar-refractivity contribution is 7.47. The topological polar surface area (TPSA) is 151 Å². The largest absolute Gasteiger partial charge is 0.472 e. The zero-order chi connectivity index (χ0) is 37.7. The van der Waals surface area contributed by atoms with Crippen molar-refractivity contribution in [2.45, 2.75) is 238 Å². The Kier molecular flexibility index (Phi) is 37.4. The molecule has 0 aromatic carbocycles. The first kappa shape index (κ1) is 50.5. The summed E-state index contributed by atoms with van der Waals surface area (Å²) in [6.07, 6.45) is 35.8. The summed E-state index contributed by atoms with van der Waals surface area (Å²) in [4.78, 5) is 22.7. The predicted molar refractivity (Wildman–Crippen MR) is 214 cm³/mol. The van der Waals surface area contributed by atoms with Crippen LogP contribution in [0.1, 0.15) is 219 Å². The SMILES string of the molecule is CCCCCCCCCCCCCCCCCCCCC(O)CC(=O)NC(COP(=O)(O)OCCN)C(O)CCCCCCCCCCCCC. The van der Waals surface area contributed by atoms with Crippen LogP contribution < -0.4 is 11.1 Å². The maximum absolute atomic E-state index is 12.8. The summed E-state index contributed by atoms with van der Waals surface area (Å²) in [5, 5.41) is 24.1. The number of amides is 1. The van der Waals surface area contributed by atoms with E-state index in [1.807, 2.05) is 0 Å². The lowest BCUT2D eigenvalue weighted by Crippen LogP contribution is -2.47. The van der Waals surface area contributed by atoms with Crippen LogP contribution in [0.2, 0.25) is 0 Å². The molecule has 0 bridgehead atoms. The lowest BCUT2D eigenvalue weighted by molar-refractivity contribution is -0.125. The van der Waals surface area contributed by atoms with Crippen molar-refractivity contribution in [1.29, 1.82) is 0 Å². The van der Waals surface area contributed by atoms with Crippen LogP contribution in [0.25, 0.3) is 0 Å². The van der Waals surface area contributed by atoms with E-state index in [1.165, 1.54) is 148 Å². The molecule has 0 heterocycles. The molecule has 0 fully saturated rings. The van der Waals surface area contributed by atoms with Crippen molar-refractivity contribution in [3.8, 4) is 0 Å². The number of phosphoric acid groups is 1. The van der Waals surface area contributed by atoms with E-state index in [1.54, 1.807) is 0 Å². The van der Waals surface area contributed by atoms with Gasteiger partial charge in [0.25, 0.3) is 0 Å². The highest BCUT2D eigenvalue weighted by Crippen LogP contribution is 2.43. The smallest absolute Gasteiger partial charge is 0.393 e. The first-order chi connectivity index (χ1) is 24.8. The maximum atomic E-state index is 12.8. The van der Waals surface area contributed by atoms with Gasteiger partial charge >= 0.3 is 7.82 Å². The molecule has 10 heteroatoms. The Morgan fingerprint density at radius 1 is 0.588 bits per heavy atom. The Morgan fingerprint density at radius 2 is 0.941 bits per heavy atom. The Hall–Kier alpha value is -0.540. The number of hydrogen-bond donors (Lipinski definition) is 5. The minimum Gasteiger partial charge on any atom is -0.393 e. The molecular weight excluding hydrogens is 663 g/mol. The Bertz CT molecular complexity index is 791. The van der Waals surface area contributed by atoms with Gasteiger partial charge in [0.1, 0.15) is 0 Å². The molecule has 6 N–H and O–H groups in total. The number of rotatable bonds is 41. The zero-order valence-electron chi connectivity index (χ0n) is 33.5. The molecule has 4 atom stereocenters. The molecule has 0 aliphatic rings. The summed E-state index contributed by atoms with van der Waals surface area (Å²) in [5.41, 5.74) is 5.36. The van der Waals surface area contributed by atoms with Gasteiger partial charge in [0.05, 0.1) is 37.9 Å². The van der Waals surface area contributed by atoms with Gasteiger partial charge in [0, 0.05) is 6.54 Å². The van der Waals surface area contributed by atoms with Crippen LogP contribution in [0, 0.1) is 0 Å². The van der Waals surface area contributed by atoms with Crippen molar-refractivity contribution < 1.29 is 33.5 Å². The minimum absolute atomic E-state index is 0.0624. The molecule has 4 unspecified atom stereocenters. The molecule has 0 aromatic heterocycles. The first-order valence-corrected chi connectivity index (χ1v) is 23.2. The molecule has 0 saturated carbocycles. The molecule has 0 rings (SSSR count). The third kappa shape index (κ3) is 36.2. The molecular formula is C41H85N2O7P. The van der Waals surface area contributed by atoms with E-state index in [2.05, 4.69) is 19.2 Å². The number of carbonyl (C=O) groups is 1. The number of unbranched alkanes of at least 4 members (excludes halogenated alkanes) is 27. The highest BCUT2D eigenvalue weighted by Gasteiger charge is 2.28. The Labute approximate surface area is 315 Å². The van der Waals surface area contributed by atoms with Gasteiger partial charge < -0.3 is 26.2 Å². The lowest BCUT2D eigenvalue weighted by atomic mass is 10.0. The van der Waals surface area contributed by atoms with Gasteiger partial charge in [0.2, 0.25) is 5.91 Å². The van der Waals surface area contributed by atoms with Crippen LogP contribution in [0.5, 0.6) is 0 Å². The highest BCUT2D eigenvalue weighted by atomic mass is 31.2. The quantitative estimate of drug-likeness (QED) is 0.0306. The summed E-state index contributed by atoms with van der Waals surface area (Å²) in [6, 6.07) is -0.889. The number of nitrogens with two attached hydrogens (primary N) is 1. The second-order valence-electron chi connectivity index (χ2n) is 15.1. The summed E-state index contributed by atoms with van der Waals surface area (Å²) in [6.45, 7) is 4.05. The van der Waals surface area contributed by atoms with E-state index in [9.17, 15) is 24.5 Å². The summed E-state index contributed by atoms with van der Waals surface area (Å²) in [5.74, 6) is -0.410. The number of carbonyl (C=O) groups excluding carboxylic acids is 1. The fourth-order valence-corrected chi connectivity index (χ4v) is 7.47. The van der Waals surface area contributed by atoms with Gasteiger partial charge in [-0.1, -0.05) is 200 Å². The number of aliphatic hydroxyl groups excluding tert-OH is 2. The number of aliphatic hydroxyl groups is 2. The second kappa shape index (κ2) is 37.8. The van der Waals surface area contributed by atoms with E-state index in [-0.39, 0.29) is 26.2 Å². The standard InChI is InChI=1S/C41H85N2O7P/c1-3-5-7-9-11-13-15-16-17-18-19-20-21-23-24-26-28-30-32-38(44)36-41(46)43-39(37-50-51(47,48)49-35-34-42)40(45)33-31-29-27-25-22-14-12-10-8-6-4-2/h38-40,44-45H,3-37,42H2,1-2H3,(H,43,46)(H,47,48). The molecule has 0 radical (unpaired) electrons. The molecule has 0 aliphatic heterocycles. The van der Waals surface area contributed by atoms with Gasteiger partial charge in [-0.15, -0.1) is 0 Å². The van der Waals surface area contributed by atoms with Crippen molar-refractivity contribution in [2.24, 2.45) is 5.73 Å². The number of hydrogen-bond acceptors (Lipinski definition) is 7. The molecule has 0 spiro atoms. The van der Waals surface area contributed by atoms with Crippen molar-refractivity contribution in [2.75, 3.05) is 19.8 Å². The maximum Gasteiger partial charge on any atom is 0.472 e. The average molecular weight is 749 g/mol. The third-order valence-electron chi connectivity index (χ3n) is 10.0. The Balaban J connectivity index is 4.17. The fraction of sp³-hybridized carbons (Fsp3) is 0.976. The minimum atomic E-state index is -4.37.